The number of hydrogen-bond donors (Lipinski definition) is 2. The number of amides is 2. The molecule has 2 amide bonds. The van der Waals surface area contributed by atoms with E-state index < -0.39 is 17.4 Å². The van der Waals surface area contributed by atoms with Crippen LogP contribution in [-0.2, 0) is 9.59 Å². The van der Waals surface area contributed by atoms with Gasteiger partial charge in [-0.05, 0) is 62.8 Å². The average molecular weight is 476 g/mol. The first-order valence-corrected chi connectivity index (χ1v) is 12.1. The Hall–Kier alpha value is -3.48. The Morgan fingerprint density at radius 3 is 2.06 bits per heavy atom. The molecule has 0 fully saturated rings. The maximum absolute atomic E-state index is 13.8. The van der Waals surface area contributed by atoms with Crippen molar-refractivity contribution >= 4 is 34.6 Å². The predicted octanol–water partition coefficient (Wildman–Crippen LogP) is 5.65. The molecule has 0 saturated heterocycles. The molecule has 0 aliphatic carbocycles. The van der Waals surface area contributed by atoms with Gasteiger partial charge in [0.05, 0.1) is 11.4 Å². The fraction of sp³-hybridized carbons (Fsp3) is 0.429. The lowest BCUT2D eigenvalue weighted by atomic mass is 9.92. The van der Waals surface area contributed by atoms with Gasteiger partial charge in [0, 0.05) is 11.2 Å². The van der Waals surface area contributed by atoms with Crippen molar-refractivity contribution in [2.24, 2.45) is 16.1 Å². The maximum Gasteiger partial charge on any atom is 0.273 e. The molecule has 0 aromatic heterocycles. The molecule has 1 aliphatic heterocycles. The van der Waals surface area contributed by atoms with E-state index in [1.54, 1.807) is 6.92 Å². The molecule has 0 saturated carbocycles. The van der Waals surface area contributed by atoms with E-state index in [1.807, 2.05) is 69.3 Å². The van der Waals surface area contributed by atoms with Gasteiger partial charge in [-0.2, -0.15) is 15.2 Å². The van der Waals surface area contributed by atoms with Crippen LogP contribution in [0, 0.1) is 5.92 Å². The van der Waals surface area contributed by atoms with Crippen LogP contribution >= 0.6 is 0 Å². The van der Waals surface area contributed by atoms with E-state index in [0.717, 1.165) is 16.8 Å². The third kappa shape index (κ3) is 5.96. The normalized spacial score (nSPS) is 16.7. The lowest BCUT2D eigenvalue weighted by Crippen LogP contribution is -2.42. The quantitative estimate of drug-likeness (QED) is 0.400. The number of rotatable bonds is 7. The Labute approximate surface area is 208 Å². The summed E-state index contributed by atoms with van der Waals surface area (Å²) in [4.78, 5) is 27.3. The molecule has 186 valence electrons. The van der Waals surface area contributed by atoms with Crippen LogP contribution in [0.4, 0.5) is 11.4 Å². The second kappa shape index (κ2) is 10.4. The van der Waals surface area contributed by atoms with E-state index in [9.17, 15) is 9.59 Å². The summed E-state index contributed by atoms with van der Waals surface area (Å²) in [5.74, 6) is -1.19. The van der Waals surface area contributed by atoms with E-state index in [2.05, 4.69) is 48.6 Å². The molecule has 35 heavy (non-hydrogen) atoms. The SMILES string of the molecule is CC1=NN(c2ccccc2)C(=O)[C@H]1/C(=N\NC(C)(C)C)C(=O)Nc1c(C(C)C)cccc1C(C)C. The number of hydrogen-bond acceptors (Lipinski definition) is 5. The molecular formula is C28H37N5O2. The molecule has 1 atom stereocenters. The van der Waals surface area contributed by atoms with Gasteiger partial charge in [-0.1, -0.05) is 64.1 Å². The summed E-state index contributed by atoms with van der Waals surface area (Å²) in [6.07, 6.45) is 0. The minimum absolute atomic E-state index is 0.0953. The zero-order valence-corrected chi connectivity index (χ0v) is 22.0. The summed E-state index contributed by atoms with van der Waals surface area (Å²) in [7, 11) is 0. The molecule has 2 aromatic rings. The molecule has 0 unspecified atom stereocenters. The molecule has 3 rings (SSSR count). The number of nitrogens with zero attached hydrogens (tertiary/aromatic N) is 3. The number of para-hydroxylation sites is 2. The van der Waals surface area contributed by atoms with Crippen molar-refractivity contribution in [2.75, 3.05) is 10.3 Å². The highest BCUT2D eigenvalue weighted by Gasteiger charge is 2.41. The van der Waals surface area contributed by atoms with Gasteiger partial charge in [0.1, 0.15) is 11.6 Å². The van der Waals surface area contributed by atoms with Gasteiger partial charge >= 0.3 is 0 Å². The fourth-order valence-corrected chi connectivity index (χ4v) is 3.98. The molecule has 0 radical (unpaired) electrons. The number of anilines is 2. The van der Waals surface area contributed by atoms with Gasteiger partial charge in [-0.15, -0.1) is 0 Å². The molecule has 7 heteroatoms. The Balaban J connectivity index is 2.03. The second-order valence-corrected chi connectivity index (χ2v) is 10.6. The van der Waals surface area contributed by atoms with Crippen LogP contribution in [0.25, 0.3) is 0 Å². The summed E-state index contributed by atoms with van der Waals surface area (Å²) >= 11 is 0. The minimum Gasteiger partial charge on any atom is -0.320 e. The standard InChI is InChI=1S/C28H37N5O2/c1-17(2)21-15-12-16-22(18(3)4)24(21)29-26(34)25(30-32-28(6,7)8)23-19(5)31-33(27(23)35)20-13-10-9-11-14-20/h9-18,23,32H,1-8H3,(H,29,34)/b30-25+/t23-/m1/s1. The Morgan fingerprint density at radius 2 is 1.54 bits per heavy atom. The predicted molar refractivity (Wildman–Crippen MR) is 144 cm³/mol. The van der Waals surface area contributed by atoms with Gasteiger partial charge in [0.2, 0.25) is 0 Å². The topological polar surface area (TPSA) is 86.2 Å². The first-order chi connectivity index (χ1) is 16.4. The molecule has 1 aliphatic rings. The molecular weight excluding hydrogens is 438 g/mol. The highest BCUT2D eigenvalue weighted by atomic mass is 16.2. The van der Waals surface area contributed by atoms with Crippen molar-refractivity contribution in [3.63, 3.8) is 0 Å². The lowest BCUT2D eigenvalue weighted by molar-refractivity contribution is -0.119. The third-order valence-corrected chi connectivity index (χ3v) is 5.76. The largest absolute Gasteiger partial charge is 0.320 e. The number of hydrazone groups is 2. The van der Waals surface area contributed by atoms with Crippen molar-refractivity contribution in [3.8, 4) is 0 Å². The van der Waals surface area contributed by atoms with Crippen LogP contribution in [0.2, 0.25) is 0 Å². The van der Waals surface area contributed by atoms with Crippen molar-refractivity contribution in [1.29, 1.82) is 0 Å². The second-order valence-electron chi connectivity index (χ2n) is 10.6. The van der Waals surface area contributed by atoms with Crippen LogP contribution in [0.3, 0.4) is 0 Å². The van der Waals surface area contributed by atoms with E-state index in [4.69, 9.17) is 0 Å². The monoisotopic (exact) mass is 475 g/mol. The van der Waals surface area contributed by atoms with Crippen LogP contribution < -0.4 is 15.8 Å². The zero-order chi connectivity index (χ0) is 25.9. The maximum atomic E-state index is 13.8. The van der Waals surface area contributed by atoms with Crippen molar-refractivity contribution in [3.05, 3.63) is 59.7 Å². The van der Waals surface area contributed by atoms with E-state index in [0.29, 0.717) is 11.4 Å². The summed E-state index contributed by atoms with van der Waals surface area (Å²) in [6.45, 7) is 16.0. The van der Waals surface area contributed by atoms with E-state index in [1.165, 1.54) is 5.01 Å². The Bertz CT molecular complexity index is 1120. The van der Waals surface area contributed by atoms with E-state index >= 15 is 0 Å². The van der Waals surface area contributed by atoms with Crippen LogP contribution in [0.1, 0.15) is 78.4 Å². The average Bonchev–Trinajstić information content (AvgIpc) is 3.07. The molecule has 7 nitrogen and oxygen atoms in total. The Kier molecular flexibility index (Phi) is 7.78. The highest BCUT2D eigenvalue weighted by Crippen LogP contribution is 2.33. The Morgan fingerprint density at radius 1 is 0.971 bits per heavy atom. The first kappa shape index (κ1) is 26.1. The number of benzene rings is 2. The lowest BCUT2D eigenvalue weighted by Gasteiger charge is -2.23. The summed E-state index contributed by atoms with van der Waals surface area (Å²) < 4.78 is 0. The zero-order valence-electron chi connectivity index (χ0n) is 22.0. The van der Waals surface area contributed by atoms with Crippen molar-refractivity contribution < 1.29 is 9.59 Å². The van der Waals surface area contributed by atoms with Crippen LogP contribution in [-0.4, -0.2) is 28.8 Å². The highest BCUT2D eigenvalue weighted by molar-refractivity contribution is 6.52. The van der Waals surface area contributed by atoms with Crippen molar-refractivity contribution in [1.82, 2.24) is 5.43 Å². The molecule has 2 N–H and O–H groups in total. The van der Waals surface area contributed by atoms with Crippen LogP contribution in [0.5, 0.6) is 0 Å². The fourth-order valence-electron chi connectivity index (χ4n) is 3.98. The van der Waals surface area contributed by atoms with Gasteiger partial charge < -0.3 is 10.7 Å². The smallest absolute Gasteiger partial charge is 0.273 e. The first-order valence-electron chi connectivity index (χ1n) is 12.1. The molecule has 2 aromatic carbocycles. The summed E-state index contributed by atoms with van der Waals surface area (Å²) in [5.41, 5.74) is 6.78. The summed E-state index contributed by atoms with van der Waals surface area (Å²) in [6, 6.07) is 15.3. The van der Waals surface area contributed by atoms with Gasteiger partial charge in [0.25, 0.3) is 11.8 Å². The van der Waals surface area contributed by atoms with Gasteiger partial charge in [-0.3, -0.25) is 9.59 Å². The molecule has 0 spiro atoms. The van der Waals surface area contributed by atoms with Gasteiger partial charge in [-0.25, -0.2) is 0 Å². The number of nitrogens with one attached hydrogen (secondary N) is 2. The third-order valence-electron chi connectivity index (χ3n) is 5.76. The summed E-state index contributed by atoms with van der Waals surface area (Å²) in [5, 5.41) is 13.4. The number of carbonyl (C=O) groups is 2. The van der Waals surface area contributed by atoms with Crippen LogP contribution in [0.15, 0.2) is 58.7 Å². The molecule has 0 bridgehead atoms. The van der Waals surface area contributed by atoms with Gasteiger partial charge in [0.15, 0.2) is 0 Å². The molecule has 1 heterocycles. The van der Waals surface area contributed by atoms with Crippen molar-refractivity contribution in [2.45, 2.75) is 72.8 Å². The minimum atomic E-state index is -0.890. The van der Waals surface area contributed by atoms with E-state index in [-0.39, 0.29) is 23.5 Å². The number of carbonyl (C=O) groups excluding carboxylic acids is 2.